The van der Waals surface area contributed by atoms with Crippen molar-refractivity contribution in [3.63, 3.8) is 0 Å². The molecule has 1 aliphatic heterocycles. The molecule has 0 saturated carbocycles. The van der Waals surface area contributed by atoms with Gasteiger partial charge in [-0.2, -0.15) is 23.3 Å². The van der Waals surface area contributed by atoms with Crippen LogP contribution in [0.2, 0.25) is 0 Å². The van der Waals surface area contributed by atoms with E-state index in [2.05, 4.69) is 30.8 Å². The van der Waals surface area contributed by atoms with Gasteiger partial charge in [0.1, 0.15) is 0 Å². The number of rotatable bonds is 6. The number of halogens is 4. The van der Waals surface area contributed by atoms with Gasteiger partial charge < -0.3 is 15.0 Å². The Labute approximate surface area is 196 Å². The molecule has 2 aromatic heterocycles. The lowest BCUT2D eigenvalue weighted by molar-refractivity contribution is -0.137. The van der Waals surface area contributed by atoms with Crippen molar-refractivity contribution < 1.29 is 27.1 Å². The van der Waals surface area contributed by atoms with Gasteiger partial charge in [-0.3, -0.25) is 9.78 Å². The highest BCUT2D eigenvalue weighted by Crippen LogP contribution is 2.30. The molecule has 0 bridgehead atoms. The molecular formula is C22H19F4N7O2. The fraction of sp³-hybridized carbons (Fsp3) is 0.227. The third-order valence-electron chi connectivity index (χ3n) is 4.89. The summed E-state index contributed by atoms with van der Waals surface area (Å²) in [6.45, 7) is 1.97. The van der Waals surface area contributed by atoms with E-state index >= 15 is 0 Å². The number of hydrazone groups is 1. The molecule has 0 atom stereocenters. The zero-order valence-electron chi connectivity index (χ0n) is 18.1. The Bertz CT molecular complexity index is 1210. The third kappa shape index (κ3) is 6.26. The fourth-order valence-corrected chi connectivity index (χ4v) is 3.16. The van der Waals surface area contributed by atoms with Crippen LogP contribution in [-0.2, 0) is 10.9 Å². The Hall–Kier alpha value is -4.13. The predicted octanol–water partition coefficient (Wildman–Crippen LogP) is 3.56. The molecule has 4 rings (SSSR count). The Balaban J connectivity index is 1.36. The number of morpholine rings is 1. The van der Waals surface area contributed by atoms with Crippen LogP contribution in [0.5, 0.6) is 0 Å². The highest BCUT2D eigenvalue weighted by Gasteiger charge is 2.30. The van der Waals surface area contributed by atoms with Crippen LogP contribution in [-0.4, -0.2) is 53.4 Å². The molecule has 1 aromatic carbocycles. The summed E-state index contributed by atoms with van der Waals surface area (Å²) >= 11 is 0. The minimum atomic E-state index is -4.51. The highest BCUT2D eigenvalue weighted by molar-refractivity contribution is 6.04. The van der Waals surface area contributed by atoms with Gasteiger partial charge in [0.05, 0.1) is 42.4 Å². The standard InChI is InChI=1S/C22H19F4N7O2/c23-18-13-28-21(31-19(18)33-6-8-35-9-7-33)32-29-12-17-5-4-14(11-27-17)20(34)30-16-3-1-2-15(10-16)22(24,25)26/h1-5,10-13H,6-9H2,(H,30,34)(H,28,31,32)/b29-12+. The number of aromatic nitrogens is 3. The topological polar surface area (TPSA) is 105 Å². The van der Waals surface area contributed by atoms with E-state index < -0.39 is 23.5 Å². The molecule has 182 valence electrons. The molecule has 2 N–H and O–H groups in total. The van der Waals surface area contributed by atoms with Gasteiger partial charge in [0.25, 0.3) is 5.91 Å². The number of alkyl halides is 3. The molecule has 3 aromatic rings. The number of hydrogen-bond donors (Lipinski definition) is 2. The summed E-state index contributed by atoms with van der Waals surface area (Å²) in [6, 6.07) is 7.27. The van der Waals surface area contributed by atoms with E-state index in [0.717, 1.165) is 18.3 Å². The molecule has 9 nitrogen and oxygen atoms in total. The summed E-state index contributed by atoms with van der Waals surface area (Å²) in [5.74, 6) is -0.938. The Kier molecular flexibility index (Phi) is 7.15. The molecule has 0 unspecified atom stereocenters. The Morgan fingerprint density at radius 2 is 1.91 bits per heavy atom. The normalized spacial score (nSPS) is 14.2. The van der Waals surface area contributed by atoms with Crippen molar-refractivity contribution in [1.82, 2.24) is 15.0 Å². The lowest BCUT2D eigenvalue weighted by atomic mass is 10.2. The van der Waals surface area contributed by atoms with Crippen LogP contribution in [0.4, 0.5) is 35.0 Å². The molecule has 13 heteroatoms. The number of pyridine rings is 1. The molecule has 35 heavy (non-hydrogen) atoms. The molecule has 3 heterocycles. The third-order valence-corrected chi connectivity index (χ3v) is 4.89. The number of carbonyl (C=O) groups excluding carboxylic acids is 1. The number of anilines is 3. The summed E-state index contributed by atoms with van der Waals surface area (Å²) in [5.41, 5.74) is 2.26. The lowest BCUT2D eigenvalue weighted by Gasteiger charge is -2.27. The van der Waals surface area contributed by atoms with E-state index in [1.165, 1.54) is 36.7 Å². The van der Waals surface area contributed by atoms with Crippen molar-refractivity contribution in [2.24, 2.45) is 5.10 Å². The first-order chi connectivity index (χ1) is 16.8. The first kappa shape index (κ1) is 24.0. The van der Waals surface area contributed by atoms with E-state index in [-0.39, 0.29) is 23.0 Å². The first-order valence-electron chi connectivity index (χ1n) is 10.4. The van der Waals surface area contributed by atoms with E-state index in [9.17, 15) is 22.4 Å². The fourth-order valence-electron chi connectivity index (χ4n) is 3.16. The number of nitrogens with zero attached hydrogens (tertiary/aromatic N) is 5. The smallest absolute Gasteiger partial charge is 0.378 e. The van der Waals surface area contributed by atoms with Crippen LogP contribution in [0, 0.1) is 5.82 Å². The Morgan fingerprint density at radius 3 is 2.63 bits per heavy atom. The summed E-state index contributed by atoms with van der Waals surface area (Å²) < 4.78 is 57.8. The average molecular weight is 489 g/mol. The molecule has 0 aliphatic carbocycles. The van der Waals surface area contributed by atoms with E-state index in [1.54, 1.807) is 4.90 Å². The van der Waals surface area contributed by atoms with Crippen LogP contribution < -0.4 is 15.6 Å². The second-order valence-electron chi connectivity index (χ2n) is 7.34. The van der Waals surface area contributed by atoms with Gasteiger partial charge in [0.15, 0.2) is 11.6 Å². The van der Waals surface area contributed by atoms with Crippen LogP contribution in [0.1, 0.15) is 21.6 Å². The van der Waals surface area contributed by atoms with Crippen molar-refractivity contribution in [2.75, 3.05) is 41.9 Å². The summed E-state index contributed by atoms with van der Waals surface area (Å²) in [4.78, 5) is 26.2. The van der Waals surface area contributed by atoms with Crippen LogP contribution in [0.3, 0.4) is 0 Å². The number of ether oxygens (including phenoxy) is 1. The van der Waals surface area contributed by atoms with Crippen LogP contribution in [0.25, 0.3) is 0 Å². The second-order valence-corrected chi connectivity index (χ2v) is 7.34. The van der Waals surface area contributed by atoms with Crippen molar-refractivity contribution >= 4 is 29.6 Å². The van der Waals surface area contributed by atoms with Gasteiger partial charge in [-0.15, -0.1) is 0 Å². The van der Waals surface area contributed by atoms with Gasteiger partial charge in [-0.1, -0.05) is 6.07 Å². The minimum Gasteiger partial charge on any atom is -0.378 e. The molecule has 0 spiro atoms. The predicted molar refractivity (Wildman–Crippen MR) is 120 cm³/mol. The number of benzene rings is 1. The van der Waals surface area contributed by atoms with E-state index in [1.807, 2.05) is 0 Å². The monoisotopic (exact) mass is 489 g/mol. The van der Waals surface area contributed by atoms with Gasteiger partial charge >= 0.3 is 6.18 Å². The minimum absolute atomic E-state index is 0.00964. The maximum absolute atomic E-state index is 14.1. The van der Waals surface area contributed by atoms with Gasteiger partial charge in [-0.25, -0.2) is 14.8 Å². The molecule has 1 fully saturated rings. The molecule has 1 saturated heterocycles. The summed E-state index contributed by atoms with van der Waals surface area (Å²) in [5, 5.41) is 6.38. The second kappa shape index (κ2) is 10.4. The van der Waals surface area contributed by atoms with Crippen LogP contribution in [0.15, 0.2) is 53.9 Å². The summed E-state index contributed by atoms with van der Waals surface area (Å²) in [7, 11) is 0. The zero-order chi connectivity index (χ0) is 24.8. The van der Waals surface area contributed by atoms with E-state index in [0.29, 0.717) is 32.0 Å². The molecule has 1 amide bonds. The average Bonchev–Trinajstić information content (AvgIpc) is 2.85. The number of amides is 1. The Morgan fingerprint density at radius 1 is 1.11 bits per heavy atom. The molecule has 1 aliphatic rings. The van der Waals surface area contributed by atoms with E-state index in [4.69, 9.17) is 4.74 Å². The quantitative estimate of drug-likeness (QED) is 0.310. The highest BCUT2D eigenvalue weighted by atomic mass is 19.4. The van der Waals surface area contributed by atoms with Crippen molar-refractivity contribution in [2.45, 2.75) is 6.18 Å². The van der Waals surface area contributed by atoms with Gasteiger partial charge in [-0.05, 0) is 30.3 Å². The van der Waals surface area contributed by atoms with Crippen molar-refractivity contribution in [3.05, 3.63) is 71.4 Å². The molecular weight excluding hydrogens is 470 g/mol. The van der Waals surface area contributed by atoms with Crippen LogP contribution >= 0.6 is 0 Å². The maximum Gasteiger partial charge on any atom is 0.416 e. The number of nitrogens with one attached hydrogen (secondary N) is 2. The number of hydrogen-bond acceptors (Lipinski definition) is 8. The molecule has 0 radical (unpaired) electrons. The first-order valence-corrected chi connectivity index (χ1v) is 10.4. The SMILES string of the molecule is O=C(Nc1cccc(C(F)(F)F)c1)c1ccc(/C=N/Nc2ncc(F)c(N3CCOCC3)n2)nc1. The lowest BCUT2D eigenvalue weighted by Crippen LogP contribution is -2.37. The van der Waals surface area contributed by atoms with Gasteiger partial charge in [0.2, 0.25) is 5.95 Å². The van der Waals surface area contributed by atoms with Crippen molar-refractivity contribution in [1.29, 1.82) is 0 Å². The zero-order valence-corrected chi connectivity index (χ0v) is 18.1. The maximum atomic E-state index is 14.1. The van der Waals surface area contributed by atoms with Crippen molar-refractivity contribution in [3.8, 4) is 0 Å². The van der Waals surface area contributed by atoms with Gasteiger partial charge in [0, 0.05) is 25.0 Å². The largest absolute Gasteiger partial charge is 0.416 e. The number of carbonyl (C=O) groups is 1. The summed E-state index contributed by atoms with van der Waals surface area (Å²) in [6.07, 6.45) is -0.864.